The van der Waals surface area contributed by atoms with Crippen molar-refractivity contribution in [1.82, 2.24) is 0 Å². The molecule has 86 valence electrons. The smallest absolute Gasteiger partial charge is 0.134 e. The minimum atomic E-state index is 0.334. The standard InChI is InChI=1S/C15H20O/c1-10-11(2)16-14-7-6-12(8-13(10)14)9-15(3,4)5/h6-8H,9H2,1-5H3. The molecule has 0 N–H and O–H groups in total. The third kappa shape index (κ3) is 2.13. The van der Waals surface area contributed by atoms with E-state index in [2.05, 4.69) is 45.9 Å². The summed E-state index contributed by atoms with van der Waals surface area (Å²) in [7, 11) is 0. The van der Waals surface area contributed by atoms with Crippen molar-refractivity contribution in [2.75, 3.05) is 0 Å². The van der Waals surface area contributed by atoms with E-state index in [1.54, 1.807) is 0 Å². The summed E-state index contributed by atoms with van der Waals surface area (Å²) in [4.78, 5) is 0. The van der Waals surface area contributed by atoms with Gasteiger partial charge in [-0.2, -0.15) is 0 Å². The van der Waals surface area contributed by atoms with Crippen LogP contribution in [0.1, 0.15) is 37.7 Å². The van der Waals surface area contributed by atoms with Gasteiger partial charge in [-0.1, -0.05) is 26.8 Å². The average Bonchev–Trinajstić information content (AvgIpc) is 2.42. The van der Waals surface area contributed by atoms with E-state index >= 15 is 0 Å². The average molecular weight is 216 g/mol. The minimum absolute atomic E-state index is 0.334. The maximum Gasteiger partial charge on any atom is 0.134 e. The summed E-state index contributed by atoms with van der Waals surface area (Å²) in [6.07, 6.45) is 1.10. The first-order valence-electron chi connectivity index (χ1n) is 5.85. The van der Waals surface area contributed by atoms with Crippen LogP contribution in [0.2, 0.25) is 0 Å². The highest BCUT2D eigenvalue weighted by atomic mass is 16.3. The predicted molar refractivity (Wildman–Crippen MR) is 68.8 cm³/mol. The van der Waals surface area contributed by atoms with Crippen LogP contribution >= 0.6 is 0 Å². The molecule has 0 fully saturated rings. The molecule has 0 aliphatic carbocycles. The van der Waals surface area contributed by atoms with Crippen molar-refractivity contribution in [3.8, 4) is 0 Å². The Balaban J connectivity index is 2.47. The van der Waals surface area contributed by atoms with Gasteiger partial charge >= 0.3 is 0 Å². The Morgan fingerprint density at radius 1 is 1.12 bits per heavy atom. The van der Waals surface area contributed by atoms with Gasteiger partial charge in [0.2, 0.25) is 0 Å². The van der Waals surface area contributed by atoms with Crippen LogP contribution in [0.15, 0.2) is 22.6 Å². The third-order valence-electron chi connectivity index (χ3n) is 2.97. The molecule has 1 aromatic heterocycles. The highest BCUT2D eigenvalue weighted by molar-refractivity contribution is 5.82. The summed E-state index contributed by atoms with van der Waals surface area (Å²) in [5.74, 6) is 1.03. The van der Waals surface area contributed by atoms with Crippen molar-refractivity contribution in [1.29, 1.82) is 0 Å². The number of benzene rings is 1. The van der Waals surface area contributed by atoms with Crippen molar-refractivity contribution in [2.45, 2.75) is 41.0 Å². The summed E-state index contributed by atoms with van der Waals surface area (Å²) >= 11 is 0. The van der Waals surface area contributed by atoms with E-state index in [1.807, 2.05) is 6.92 Å². The van der Waals surface area contributed by atoms with Crippen molar-refractivity contribution >= 4 is 11.0 Å². The molecule has 0 bridgehead atoms. The molecular formula is C15H20O. The fraction of sp³-hybridized carbons (Fsp3) is 0.467. The number of furan rings is 1. The molecule has 0 amide bonds. The third-order valence-corrected chi connectivity index (χ3v) is 2.97. The van der Waals surface area contributed by atoms with Gasteiger partial charge in [0.25, 0.3) is 0 Å². The second-order valence-corrected chi connectivity index (χ2v) is 5.85. The lowest BCUT2D eigenvalue weighted by molar-refractivity contribution is 0.411. The highest BCUT2D eigenvalue weighted by Gasteiger charge is 2.13. The molecular weight excluding hydrogens is 196 g/mol. The first-order chi connectivity index (χ1) is 7.37. The number of fused-ring (bicyclic) bond motifs is 1. The first-order valence-corrected chi connectivity index (χ1v) is 5.85. The van der Waals surface area contributed by atoms with Gasteiger partial charge < -0.3 is 4.42 Å². The zero-order chi connectivity index (χ0) is 11.9. The van der Waals surface area contributed by atoms with Crippen LogP contribution in [-0.4, -0.2) is 0 Å². The van der Waals surface area contributed by atoms with Gasteiger partial charge in [0, 0.05) is 5.39 Å². The summed E-state index contributed by atoms with van der Waals surface area (Å²) in [6.45, 7) is 11.0. The number of aryl methyl sites for hydroxylation is 2. The molecule has 1 aromatic carbocycles. The fourth-order valence-corrected chi connectivity index (χ4v) is 2.11. The monoisotopic (exact) mass is 216 g/mol. The van der Waals surface area contributed by atoms with Gasteiger partial charge in [-0.05, 0) is 48.9 Å². The van der Waals surface area contributed by atoms with Crippen LogP contribution in [0.4, 0.5) is 0 Å². The molecule has 0 aliphatic heterocycles. The fourth-order valence-electron chi connectivity index (χ4n) is 2.11. The molecule has 0 saturated carbocycles. The Labute approximate surface area is 97.5 Å². The first kappa shape index (κ1) is 11.3. The molecule has 0 aliphatic rings. The van der Waals surface area contributed by atoms with E-state index in [0.29, 0.717) is 5.41 Å². The highest BCUT2D eigenvalue weighted by Crippen LogP contribution is 2.28. The zero-order valence-electron chi connectivity index (χ0n) is 10.8. The van der Waals surface area contributed by atoms with E-state index in [1.165, 1.54) is 16.5 Å². The van der Waals surface area contributed by atoms with Gasteiger partial charge in [0.05, 0.1) is 0 Å². The van der Waals surface area contributed by atoms with Gasteiger partial charge in [0.1, 0.15) is 11.3 Å². The second-order valence-electron chi connectivity index (χ2n) is 5.85. The van der Waals surface area contributed by atoms with Crippen molar-refractivity contribution in [2.24, 2.45) is 5.41 Å². The summed E-state index contributed by atoms with van der Waals surface area (Å²) < 4.78 is 5.68. The Kier molecular flexibility index (Phi) is 2.57. The summed E-state index contributed by atoms with van der Waals surface area (Å²) in [6, 6.07) is 6.54. The van der Waals surface area contributed by atoms with E-state index < -0.39 is 0 Å². The quantitative estimate of drug-likeness (QED) is 0.677. The molecule has 1 heteroatoms. The van der Waals surface area contributed by atoms with E-state index in [-0.39, 0.29) is 0 Å². The Morgan fingerprint density at radius 3 is 2.44 bits per heavy atom. The molecule has 2 aromatic rings. The van der Waals surface area contributed by atoms with Gasteiger partial charge in [0.15, 0.2) is 0 Å². The van der Waals surface area contributed by atoms with Crippen LogP contribution in [0.5, 0.6) is 0 Å². The largest absolute Gasteiger partial charge is 0.461 e. The predicted octanol–water partition coefficient (Wildman–Crippen LogP) is 4.64. The van der Waals surface area contributed by atoms with E-state index in [9.17, 15) is 0 Å². The number of hydrogen-bond acceptors (Lipinski definition) is 1. The van der Waals surface area contributed by atoms with Crippen molar-refractivity contribution in [3.63, 3.8) is 0 Å². The lowest BCUT2D eigenvalue weighted by Crippen LogP contribution is -2.08. The number of hydrogen-bond donors (Lipinski definition) is 0. The Hall–Kier alpha value is -1.24. The van der Waals surface area contributed by atoms with Crippen molar-refractivity contribution < 1.29 is 4.42 Å². The molecule has 1 nitrogen and oxygen atoms in total. The maximum atomic E-state index is 5.68. The van der Waals surface area contributed by atoms with Crippen LogP contribution in [0.25, 0.3) is 11.0 Å². The molecule has 0 saturated heterocycles. The van der Waals surface area contributed by atoms with E-state index in [4.69, 9.17) is 4.42 Å². The molecule has 0 atom stereocenters. The molecule has 0 radical (unpaired) electrons. The van der Waals surface area contributed by atoms with Crippen LogP contribution in [0, 0.1) is 19.3 Å². The molecule has 0 unspecified atom stereocenters. The summed E-state index contributed by atoms with van der Waals surface area (Å²) in [5.41, 5.74) is 4.00. The Bertz CT molecular complexity index is 512. The molecule has 0 spiro atoms. The van der Waals surface area contributed by atoms with Crippen molar-refractivity contribution in [3.05, 3.63) is 35.1 Å². The molecule has 1 heterocycles. The van der Waals surface area contributed by atoms with E-state index in [0.717, 1.165) is 17.8 Å². The molecule has 16 heavy (non-hydrogen) atoms. The zero-order valence-corrected chi connectivity index (χ0v) is 10.8. The number of rotatable bonds is 1. The molecule has 2 rings (SSSR count). The second kappa shape index (κ2) is 3.65. The topological polar surface area (TPSA) is 13.1 Å². The summed E-state index contributed by atoms with van der Waals surface area (Å²) in [5, 5.41) is 1.26. The van der Waals surface area contributed by atoms with Crippen LogP contribution < -0.4 is 0 Å². The lowest BCUT2D eigenvalue weighted by Gasteiger charge is -2.17. The lowest BCUT2D eigenvalue weighted by atomic mass is 9.88. The SMILES string of the molecule is Cc1oc2ccc(CC(C)(C)C)cc2c1C. The van der Waals surface area contributed by atoms with Gasteiger partial charge in [-0.3, -0.25) is 0 Å². The van der Waals surface area contributed by atoms with Crippen LogP contribution in [0.3, 0.4) is 0 Å². The maximum absolute atomic E-state index is 5.68. The normalized spacial score (nSPS) is 12.3. The van der Waals surface area contributed by atoms with Gasteiger partial charge in [-0.15, -0.1) is 0 Å². The minimum Gasteiger partial charge on any atom is -0.461 e. The van der Waals surface area contributed by atoms with Gasteiger partial charge in [-0.25, -0.2) is 0 Å². The Morgan fingerprint density at radius 2 is 1.81 bits per heavy atom. The van der Waals surface area contributed by atoms with Crippen LogP contribution in [-0.2, 0) is 6.42 Å².